The van der Waals surface area contributed by atoms with Crippen molar-refractivity contribution < 1.29 is 39.9 Å². The first kappa shape index (κ1) is 18.8. The maximum atomic E-state index is 11.6. The van der Waals surface area contributed by atoms with Gasteiger partial charge in [-0.25, -0.2) is 4.79 Å². The molecule has 0 aliphatic rings. The van der Waals surface area contributed by atoms with E-state index in [2.05, 4.69) is 4.74 Å². The van der Waals surface area contributed by atoms with E-state index in [0.717, 1.165) is 6.08 Å². The second-order valence-electron chi connectivity index (χ2n) is 4.69. The number of aliphatic hydroxyl groups excluding tert-OH is 4. The van der Waals surface area contributed by atoms with Gasteiger partial charge < -0.3 is 30.3 Å². The predicted molar refractivity (Wildman–Crippen MR) is 78.2 cm³/mol. The predicted octanol–water partition coefficient (Wildman–Crippen LogP) is -1.41. The molecule has 0 saturated carbocycles. The number of phenols is 1. The number of rotatable bonds is 8. The molecule has 1 aromatic rings. The summed E-state index contributed by atoms with van der Waals surface area (Å²) < 4.78 is 4.68. The molecular formula is C15H18O8. The Morgan fingerprint density at radius 3 is 2.26 bits per heavy atom. The van der Waals surface area contributed by atoms with Crippen molar-refractivity contribution in [2.24, 2.45) is 0 Å². The number of aromatic hydroxyl groups is 1. The Labute approximate surface area is 131 Å². The third kappa shape index (κ3) is 5.80. The van der Waals surface area contributed by atoms with Gasteiger partial charge in [0.25, 0.3) is 0 Å². The van der Waals surface area contributed by atoms with Crippen LogP contribution < -0.4 is 0 Å². The lowest BCUT2D eigenvalue weighted by Crippen LogP contribution is -2.47. The zero-order chi connectivity index (χ0) is 17.4. The molecule has 126 valence electrons. The highest BCUT2D eigenvalue weighted by atomic mass is 16.6. The van der Waals surface area contributed by atoms with Crippen LogP contribution in [0.5, 0.6) is 5.75 Å². The highest BCUT2D eigenvalue weighted by Crippen LogP contribution is 2.11. The Hall–Kier alpha value is -2.26. The van der Waals surface area contributed by atoms with E-state index in [4.69, 9.17) is 10.2 Å². The van der Waals surface area contributed by atoms with Gasteiger partial charge in [0.05, 0.1) is 6.61 Å². The fourth-order valence-corrected chi connectivity index (χ4v) is 1.63. The van der Waals surface area contributed by atoms with Crippen LogP contribution in [0, 0.1) is 0 Å². The number of hydrogen-bond donors (Lipinski definition) is 5. The average Bonchev–Trinajstić information content (AvgIpc) is 2.57. The maximum Gasteiger partial charge on any atom is 0.331 e. The summed E-state index contributed by atoms with van der Waals surface area (Å²) in [6, 6.07) is 5.89. The van der Waals surface area contributed by atoms with Crippen molar-refractivity contribution in [1.29, 1.82) is 0 Å². The molecule has 0 saturated heterocycles. The first-order valence-electron chi connectivity index (χ1n) is 6.67. The fourth-order valence-electron chi connectivity index (χ4n) is 1.63. The van der Waals surface area contributed by atoms with Gasteiger partial charge in [-0.3, -0.25) is 4.79 Å². The van der Waals surface area contributed by atoms with Crippen LogP contribution in [0.25, 0.3) is 6.08 Å². The van der Waals surface area contributed by atoms with Crippen molar-refractivity contribution in [1.82, 2.24) is 0 Å². The highest BCUT2D eigenvalue weighted by molar-refractivity contribution is 5.88. The van der Waals surface area contributed by atoms with E-state index in [0.29, 0.717) is 5.56 Å². The number of carbonyl (C=O) groups excluding carboxylic acids is 2. The molecule has 0 bridgehead atoms. The van der Waals surface area contributed by atoms with Crippen molar-refractivity contribution >= 4 is 18.3 Å². The van der Waals surface area contributed by atoms with Crippen molar-refractivity contribution in [3.05, 3.63) is 35.9 Å². The van der Waals surface area contributed by atoms with Gasteiger partial charge in [-0.05, 0) is 23.8 Å². The summed E-state index contributed by atoms with van der Waals surface area (Å²) in [6.45, 7) is -0.835. The number of esters is 1. The molecule has 23 heavy (non-hydrogen) atoms. The Balaban J connectivity index is 2.65. The number of aliphatic hydroxyl groups is 4. The molecule has 0 radical (unpaired) electrons. The minimum atomic E-state index is -1.89. The van der Waals surface area contributed by atoms with Crippen LogP contribution in [0.15, 0.2) is 30.3 Å². The average molecular weight is 326 g/mol. The summed E-state index contributed by atoms with van der Waals surface area (Å²) >= 11 is 0. The zero-order valence-electron chi connectivity index (χ0n) is 12.0. The van der Waals surface area contributed by atoms with Crippen molar-refractivity contribution in [2.75, 3.05) is 6.61 Å². The topological polar surface area (TPSA) is 145 Å². The molecule has 0 unspecified atom stereocenters. The molecule has 8 nitrogen and oxygen atoms in total. The number of ether oxygens (including phenoxy) is 1. The van der Waals surface area contributed by atoms with E-state index < -0.39 is 37.0 Å². The van der Waals surface area contributed by atoms with Crippen molar-refractivity contribution in [3.8, 4) is 5.75 Å². The van der Waals surface area contributed by atoms with Gasteiger partial charge >= 0.3 is 5.97 Å². The lowest BCUT2D eigenvalue weighted by Gasteiger charge is -2.25. The normalized spacial score (nSPS) is 16.5. The molecular weight excluding hydrogens is 308 g/mol. The number of aldehydes is 1. The van der Waals surface area contributed by atoms with Crippen LogP contribution in [0.2, 0.25) is 0 Å². The minimum absolute atomic E-state index is 0.0605. The van der Waals surface area contributed by atoms with E-state index in [1.807, 2.05) is 0 Å². The Bertz CT molecular complexity index is 539. The Kier molecular flexibility index (Phi) is 7.36. The summed E-state index contributed by atoms with van der Waals surface area (Å²) in [4.78, 5) is 22.5. The summed E-state index contributed by atoms with van der Waals surface area (Å²) in [5.74, 6) is -0.898. The second-order valence-corrected chi connectivity index (χ2v) is 4.69. The molecule has 0 aliphatic carbocycles. The molecule has 0 fully saturated rings. The molecule has 0 aromatic heterocycles. The maximum absolute atomic E-state index is 11.6. The van der Waals surface area contributed by atoms with Crippen molar-refractivity contribution in [3.63, 3.8) is 0 Å². The van der Waals surface area contributed by atoms with Crippen LogP contribution in [0.4, 0.5) is 0 Å². The van der Waals surface area contributed by atoms with E-state index in [-0.39, 0.29) is 12.0 Å². The zero-order valence-corrected chi connectivity index (χ0v) is 12.0. The minimum Gasteiger partial charge on any atom is -0.508 e. The summed E-state index contributed by atoms with van der Waals surface area (Å²) in [5, 5.41) is 46.1. The molecule has 1 rings (SSSR count). The Morgan fingerprint density at radius 1 is 1.13 bits per heavy atom. The highest BCUT2D eigenvalue weighted by Gasteiger charge is 2.33. The van der Waals surface area contributed by atoms with Crippen LogP contribution in [0.3, 0.4) is 0 Å². The van der Waals surface area contributed by atoms with E-state index in [1.54, 1.807) is 0 Å². The number of phenolic OH excluding ortho intramolecular Hbond substituents is 1. The quantitative estimate of drug-likeness (QED) is 0.223. The molecule has 1 aromatic carbocycles. The standard InChI is InChI=1S/C15H18O8/c16-7-11(19)14(21)15(22)12(8-17)23-13(20)6-3-9-1-4-10(18)5-2-9/h1-6,8,11-12,14-16,18-19,21-22H,7H2/t11-,12+,14-,15-/m1/s1. The second kappa shape index (κ2) is 9.01. The molecule has 0 heterocycles. The first-order valence-corrected chi connectivity index (χ1v) is 6.67. The van der Waals surface area contributed by atoms with Gasteiger partial charge in [0, 0.05) is 6.08 Å². The fraction of sp³-hybridized carbons (Fsp3) is 0.333. The molecule has 0 amide bonds. The van der Waals surface area contributed by atoms with Gasteiger partial charge in [0.15, 0.2) is 12.4 Å². The van der Waals surface area contributed by atoms with Crippen LogP contribution in [-0.2, 0) is 14.3 Å². The third-order valence-electron chi connectivity index (χ3n) is 2.96. The van der Waals surface area contributed by atoms with Gasteiger partial charge in [0.2, 0.25) is 0 Å². The molecule has 4 atom stereocenters. The van der Waals surface area contributed by atoms with Crippen LogP contribution in [-0.4, -0.2) is 68.8 Å². The lowest BCUT2D eigenvalue weighted by molar-refractivity contribution is -0.163. The number of hydrogen-bond acceptors (Lipinski definition) is 8. The number of carbonyl (C=O) groups is 2. The summed E-state index contributed by atoms with van der Waals surface area (Å²) in [6.07, 6.45) is -4.68. The smallest absolute Gasteiger partial charge is 0.331 e. The summed E-state index contributed by atoms with van der Waals surface area (Å²) in [5.41, 5.74) is 0.582. The van der Waals surface area contributed by atoms with Gasteiger partial charge in [-0.15, -0.1) is 0 Å². The van der Waals surface area contributed by atoms with E-state index in [1.165, 1.54) is 30.3 Å². The van der Waals surface area contributed by atoms with Gasteiger partial charge in [-0.2, -0.15) is 0 Å². The monoisotopic (exact) mass is 326 g/mol. The third-order valence-corrected chi connectivity index (χ3v) is 2.96. The van der Waals surface area contributed by atoms with E-state index >= 15 is 0 Å². The van der Waals surface area contributed by atoms with Crippen molar-refractivity contribution in [2.45, 2.75) is 24.4 Å². The van der Waals surface area contributed by atoms with Gasteiger partial charge in [0.1, 0.15) is 24.1 Å². The summed E-state index contributed by atoms with van der Waals surface area (Å²) in [7, 11) is 0. The Morgan fingerprint density at radius 2 is 1.74 bits per heavy atom. The largest absolute Gasteiger partial charge is 0.508 e. The number of benzene rings is 1. The molecule has 0 spiro atoms. The first-order chi connectivity index (χ1) is 10.9. The molecule has 0 aliphatic heterocycles. The van der Waals surface area contributed by atoms with Crippen LogP contribution in [0.1, 0.15) is 5.56 Å². The molecule has 5 N–H and O–H groups in total. The SMILES string of the molecule is O=C[C@H](OC(=O)C=Cc1ccc(O)cc1)[C@@H](O)[C@H](O)[C@H](O)CO. The van der Waals surface area contributed by atoms with Gasteiger partial charge in [-0.1, -0.05) is 12.1 Å². The van der Waals surface area contributed by atoms with E-state index in [9.17, 15) is 24.9 Å². The lowest BCUT2D eigenvalue weighted by atomic mass is 10.0. The van der Waals surface area contributed by atoms with Crippen LogP contribution >= 0.6 is 0 Å². The molecule has 8 heteroatoms.